The van der Waals surface area contributed by atoms with E-state index in [1.54, 1.807) is 0 Å². The van der Waals surface area contributed by atoms with Crippen LogP contribution in [0.15, 0.2) is 8.95 Å². The van der Waals surface area contributed by atoms with Crippen LogP contribution in [-0.2, 0) is 0 Å². The van der Waals surface area contributed by atoms with Crippen molar-refractivity contribution in [3.05, 3.63) is 8.95 Å². The molecule has 1 aliphatic heterocycles. The number of hydrogen-bond acceptors (Lipinski definition) is 5. The van der Waals surface area contributed by atoms with Gasteiger partial charge in [0.25, 0.3) is 0 Å². The van der Waals surface area contributed by atoms with Crippen molar-refractivity contribution in [1.29, 1.82) is 0 Å². The van der Waals surface area contributed by atoms with Crippen molar-refractivity contribution in [2.45, 2.75) is 0 Å². The fraction of sp³-hybridized carbons (Fsp3) is 0. The third-order valence-electron chi connectivity index (χ3n) is 1.90. The van der Waals surface area contributed by atoms with Crippen LogP contribution in [-0.4, -0.2) is 24.1 Å². The third-order valence-corrected chi connectivity index (χ3v) is 5.26. The summed E-state index contributed by atoms with van der Waals surface area (Å²) < 4.78 is 17.1. The van der Waals surface area contributed by atoms with Gasteiger partial charge in [0.05, 0.1) is 0 Å². The summed E-state index contributed by atoms with van der Waals surface area (Å²) in [6.07, 6.45) is 0. The SMILES string of the molecule is Brc1c2c(c(Br)c3nsnc13)N[Se]N2. The van der Waals surface area contributed by atoms with E-state index in [2.05, 4.69) is 49.3 Å². The van der Waals surface area contributed by atoms with Gasteiger partial charge in [-0.05, 0) is 0 Å². The molecule has 0 atom stereocenters. The molecule has 0 saturated carbocycles. The van der Waals surface area contributed by atoms with Crippen molar-refractivity contribution in [1.82, 2.24) is 8.75 Å². The van der Waals surface area contributed by atoms with Crippen LogP contribution in [0, 0.1) is 0 Å². The van der Waals surface area contributed by atoms with E-state index in [0.717, 1.165) is 31.4 Å². The van der Waals surface area contributed by atoms with Crippen LogP contribution >= 0.6 is 43.6 Å². The number of nitrogens with zero attached hydrogens (tertiary/aromatic N) is 2. The van der Waals surface area contributed by atoms with Crippen LogP contribution in [0.1, 0.15) is 0 Å². The van der Waals surface area contributed by atoms with Gasteiger partial charge in [-0.25, -0.2) is 0 Å². The minimum absolute atomic E-state index is 0.218. The standard InChI is InChI=1S/C6H2Br2N4SSe/c7-1-3-4(10-13-9-3)2(8)6-5(1)11-14-12-6/h11-12H. The predicted octanol–water partition coefficient (Wildman–Crippen LogP) is 2.59. The van der Waals surface area contributed by atoms with Crippen LogP contribution < -0.4 is 8.67 Å². The van der Waals surface area contributed by atoms with Crippen LogP contribution in [0.4, 0.5) is 11.4 Å². The Labute approximate surface area is 107 Å². The van der Waals surface area contributed by atoms with Crippen molar-refractivity contribution in [2.24, 2.45) is 0 Å². The Morgan fingerprint density at radius 1 is 1.00 bits per heavy atom. The zero-order valence-electron chi connectivity index (χ0n) is 6.47. The molecule has 0 radical (unpaired) electrons. The Hall–Kier alpha value is 0.119. The average Bonchev–Trinajstić information content (AvgIpc) is 2.82. The fourth-order valence-electron chi connectivity index (χ4n) is 1.25. The normalized spacial score (nSPS) is 13.9. The summed E-state index contributed by atoms with van der Waals surface area (Å²) in [6.45, 7) is 0. The van der Waals surface area contributed by atoms with Crippen LogP contribution in [0.25, 0.3) is 11.0 Å². The number of aromatic nitrogens is 2. The first kappa shape index (κ1) is 9.35. The van der Waals surface area contributed by atoms with Crippen molar-refractivity contribution < 1.29 is 0 Å². The molecule has 1 aromatic carbocycles. The number of fused-ring (bicyclic) bond motifs is 2. The number of nitrogens with one attached hydrogen (secondary N) is 2. The summed E-state index contributed by atoms with van der Waals surface area (Å²) in [4.78, 5) is 0. The molecule has 0 bridgehead atoms. The fourth-order valence-corrected chi connectivity index (χ4v) is 5.18. The van der Waals surface area contributed by atoms with Crippen LogP contribution in [0.3, 0.4) is 0 Å². The number of rotatable bonds is 0. The van der Waals surface area contributed by atoms with Crippen LogP contribution in [0.2, 0.25) is 0 Å². The maximum absolute atomic E-state index is 4.25. The van der Waals surface area contributed by atoms with Crippen molar-refractivity contribution in [2.75, 3.05) is 8.67 Å². The summed E-state index contributed by atoms with van der Waals surface area (Å²) >= 11 is 8.51. The number of hydrogen-bond donors (Lipinski definition) is 2. The van der Waals surface area contributed by atoms with E-state index in [9.17, 15) is 0 Å². The molecular weight excluding hydrogens is 399 g/mol. The van der Waals surface area contributed by atoms with E-state index in [1.165, 1.54) is 11.7 Å². The zero-order valence-corrected chi connectivity index (χ0v) is 12.2. The van der Waals surface area contributed by atoms with E-state index in [0.29, 0.717) is 0 Å². The van der Waals surface area contributed by atoms with E-state index in [4.69, 9.17) is 0 Å². The van der Waals surface area contributed by atoms with E-state index >= 15 is 0 Å². The van der Waals surface area contributed by atoms with Gasteiger partial charge in [0.1, 0.15) is 0 Å². The molecule has 2 N–H and O–H groups in total. The molecule has 3 rings (SSSR count). The zero-order chi connectivity index (χ0) is 9.71. The molecular formula is C6H2Br2N4SSe. The molecule has 2 aromatic rings. The second kappa shape index (κ2) is 3.31. The molecule has 0 aliphatic carbocycles. The molecule has 14 heavy (non-hydrogen) atoms. The van der Waals surface area contributed by atoms with Gasteiger partial charge in [0.15, 0.2) is 0 Å². The summed E-state index contributed by atoms with van der Waals surface area (Å²) in [5.41, 5.74) is 3.98. The Morgan fingerprint density at radius 3 is 2.00 bits per heavy atom. The van der Waals surface area contributed by atoms with Gasteiger partial charge in [0.2, 0.25) is 0 Å². The quantitative estimate of drug-likeness (QED) is 0.667. The number of benzene rings is 1. The van der Waals surface area contributed by atoms with Gasteiger partial charge in [-0.15, -0.1) is 0 Å². The molecule has 0 saturated heterocycles. The van der Waals surface area contributed by atoms with Gasteiger partial charge in [-0.3, -0.25) is 0 Å². The molecule has 0 spiro atoms. The summed E-state index contributed by atoms with van der Waals surface area (Å²) in [5.74, 6) is 0. The molecule has 8 heteroatoms. The summed E-state index contributed by atoms with van der Waals surface area (Å²) in [6, 6.07) is 0. The first-order chi connectivity index (χ1) is 6.79. The molecule has 0 fully saturated rings. The van der Waals surface area contributed by atoms with E-state index in [1.807, 2.05) is 0 Å². The Kier molecular flexibility index (Phi) is 2.21. The molecule has 4 nitrogen and oxygen atoms in total. The molecule has 1 aliphatic rings. The van der Waals surface area contributed by atoms with E-state index < -0.39 is 0 Å². The topological polar surface area (TPSA) is 49.8 Å². The Bertz CT molecular complexity index is 484. The van der Waals surface area contributed by atoms with Gasteiger partial charge in [-0.2, -0.15) is 0 Å². The minimum atomic E-state index is 0.218. The Balaban J connectivity index is 2.51. The first-order valence-electron chi connectivity index (χ1n) is 3.60. The monoisotopic (exact) mass is 400 g/mol. The molecule has 72 valence electrons. The van der Waals surface area contributed by atoms with Crippen molar-refractivity contribution >= 4 is 81.4 Å². The first-order valence-corrected chi connectivity index (χ1v) is 7.63. The van der Waals surface area contributed by atoms with Crippen molar-refractivity contribution in [3.8, 4) is 0 Å². The second-order valence-electron chi connectivity index (χ2n) is 2.65. The van der Waals surface area contributed by atoms with Gasteiger partial charge in [0, 0.05) is 0 Å². The average molecular weight is 401 g/mol. The van der Waals surface area contributed by atoms with Crippen molar-refractivity contribution in [3.63, 3.8) is 0 Å². The molecule has 0 amide bonds. The molecule has 2 heterocycles. The summed E-state index contributed by atoms with van der Waals surface area (Å²) in [7, 11) is 0. The number of anilines is 2. The van der Waals surface area contributed by atoms with Gasteiger partial charge >= 0.3 is 108 Å². The van der Waals surface area contributed by atoms with Gasteiger partial charge in [-0.1, -0.05) is 0 Å². The van der Waals surface area contributed by atoms with Gasteiger partial charge < -0.3 is 0 Å². The molecule has 1 aromatic heterocycles. The summed E-state index contributed by atoms with van der Waals surface area (Å²) in [5, 5.41) is 0. The predicted molar refractivity (Wildman–Crippen MR) is 65.8 cm³/mol. The van der Waals surface area contributed by atoms with E-state index in [-0.39, 0.29) is 15.4 Å². The van der Waals surface area contributed by atoms with Crippen LogP contribution in [0.5, 0.6) is 0 Å². The second-order valence-corrected chi connectivity index (χ2v) is 6.04. The maximum atomic E-state index is 4.25. The number of halogens is 2. The molecule has 0 unspecified atom stereocenters. The third kappa shape index (κ3) is 1.15. The Morgan fingerprint density at radius 2 is 1.50 bits per heavy atom.